The summed E-state index contributed by atoms with van der Waals surface area (Å²) in [4.78, 5) is 4.57. The summed E-state index contributed by atoms with van der Waals surface area (Å²) in [5, 5.41) is 3.18. The molecule has 2 aliphatic heterocycles. The van der Waals surface area contributed by atoms with Gasteiger partial charge in [-0.2, -0.15) is 0 Å². The minimum absolute atomic E-state index is 0.125. The molecule has 1 aromatic rings. The van der Waals surface area contributed by atoms with Crippen molar-refractivity contribution in [2.45, 2.75) is 33.5 Å². The highest BCUT2D eigenvalue weighted by molar-refractivity contribution is 5.92. The zero-order chi connectivity index (χ0) is 18.1. The van der Waals surface area contributed by atoms with E-state index in [1.54, 1.807) is 0 Å². The zero-order valence-electron chi connectivity index (χ0n) is 15.6. The van der Waals surface area contributed by atoms with E-state index in [4.69, 9.17) is 19.9 Å². The number of anilines is 1. The SMILES string of the molecule is Cc1cc(C)cc(NC(N)=NCC(C)(C)C2COCC23OCCO3)c1. The van der Waals surface area contributed by atoms with E-state index in [1.807, 2.05) is 0 Å². The number of nitrogens with one attached hydrogen (secondary N) is 1. The molecule has 2 heterocycles. The molecule has 0 aromatic heterocycles. The Morgan fingerprint density at radius 3 is 2.52 bits per heavy atom. The van der Waals surface area contributed by atoms with Gasteiger partial charge in [0.1, 0.15) is 6.61 Å². The molecule has 6 nitrogen and oxygen atoms in total. The van der Waals surface area contributed by atoms with Crippen LogP contribution in [0.4, 0.5) is 5.69 Å². The van der Waals surface area contributed by atoms with Crippen molar-refractivity contribution in [3.8, 4) is 0 Å². The Balaban J connectivity index is 1.67. The largest absolute Gasteiger partial charge is 0.375 e. The van der Waals surface area contributed by atoms with Crippen LogP contribution in [0.25, 0.3) is 0 Å². The van der Waals surface area contributed by atoms with Gasteiger partial charge in [-0.3, -0.25) is 4.99 Å². The molecule has 6 heteroatoms. The van der Waals surface area contributed by atoms with Crippen LogP contribution in [0.2, 0.25) is 0 Å². The monoisotopic (exact) mass is 347 g/mol. The molecule has 0 saturated carbocycles. The number of rotatable bonds is 4. The van der Waals surface area contributed by atoms with Gasteiger partial charge in [-0.15, -0.1) is 0 Å². The van der Waals surface area contributed by atoms with E-state index >= 15 is 0 Å². The van der Waals surface area contributed by atoms with Crippen molar-refractivity contribution in [2.24, 2.45) is 22.1 Å². The molecule has 25 heavy (non-hydrogen) atoms. The summed E-state index contributed by atoms with van der Waals surface area (Å²) in [6.45, 7) is 11.4. The van der Waals surface area contributed by atoms with E-state index in [9.17, 15) is 0 Å². The Bertz CT molecular complexity index is 626. The molecule has 1 spiro atoms. The smallest absolute Gasteiger partial charge is 0.197 e. The van der Waals surface area contributed by atoms with Crippen molar-refractivity contribution in [3.63, 3.8) is 0 Å². The van der Waals surface area contributed by atoms with Crippen LogP contribution in [-0.4, -0.2) is 44.7 Å². The fourth-order valence-electron chi connectivity index (χ4n) is 3.76. The van der Waals surface area contributed by atoms with Gasteiger partial charge < -0.3 is 25.3 Å². The maximum absolute atomic E-state index is 6.10. The predicted octanol–water partition coefficient (Wildman–Crippen LogP) is 2.45. The van der Waals surface area contributed by atoms with Gasteiger partial charge in [0.2, 0.25) is 0 Å². The number of nitrogens with zero attached hydrogens (tertiary/aromatic N) is 1. The maximum Gasteiger partial charge on any atom is 0.197 e. The number of ether oxygens (including phenoxy) is 3. The van der Waals surface area contributed by atoms with Gasteiger partial charge in [-0.1, -0.05) is 19.9 Å². The van der Waals surface area contributed by atoms with Crippen molar-refractivity contribution >= 4 is 11.6 Å². The van der Waals surface area contributed by atoms with E-state index in [1.165, 1.54) is 11.1 Å². The van der Waals surface area contributed by atoms with Crippen LogP contribution in [0.1, 0.15) is 25.0 Å². The number of nitrogens with two attached hydrogens (primary N) is 1. The predicted molar refractivity (Wildman–Crippen MR) is 98.8 cm³/mol. The van der Waals surface area contributed by atoms with Gasteiger partial charge in [0.15, 0.2) is 11.7 Å². The maximum atomic E-state index is 6.10. The Kier molecular flexibility index (Phi) is 5.04. The fraction of sp³-hybridized carbons (Fsp3) is 0.632. The van der Waals surface area contributed by atoms with E-state index in [-0.39, 0.29) is 11.3 Å². The van der Waals surface area contributed by atoms with Crippen LogP contribution in [0.3, 0.4) is 0 Å². The van der Waals surface area contributed by atoms with Crippen LogP contribution < -0.4 is 11.1 Å². The topological polar surface area (TPSA) is 78.1 Å². The van der Waals surface area contributed by atoms with Crippen LogP contribution >= 0.6 is 0 Å². The Labute approximate surface area is 149 Å². The number of aliphatic imine (C=N–C) groups is 1. The van der Waals surface area contributed by atoms with Crippen molar-refractivity contribution in [2.75, 3.05) is 38.3 Å². The fourth-order valence-corrected chi connectivity index (χ4v) is 3.76. The second-order valence-electron chi connectivity index (χ2n) is 7.77. The minimum atomic E-state index is -0.616. The van der Waals surface area contributed by atoms with E-state index in [2.05, 4.69) is 56.2 Å². The standard InChI is InChI=1S/C19H29N3O3/c1-13-7-14(2)9-15(8-13)22-17(20)21-11-18(3,4)16-10-23-12-19(16)24-5-6-25-19/h7-9,16H,5-6,10-12H2,1-4H3,(H3,20,21,22). The van der Waals surface area contributed by atoms with Crippen molar-refractivity contribution in [3.05, 3.63) is 29.3 Å². The second-order valence-corrected chi connectivity index (χ2v) is 7.77. The average molecular weight is 347 g/mol. The summed E-state index contributed by atoms with van der Waals surface area (Å²) in [5.74, 6) is -0.0749. The van der Waals surface area contributed by atoms with Gasteiger partial charge >= 0.3 is 0 Å². The lowest BCUT2D eigenvalue weighted by molar-refractivity contribution is -0.196. The van der Waals surface area contributed by atoms with E-state index < -0.39 is 5.79 Å². The van der Waals surface area contributed by atoms with Gasteiger partial charge in [-0.05, 0) is 42.5 Å². The third kappa shape index (κ3) is 3.97. The van der Waals surface area contributed by atoms with E-state index in [0.29, 0.717) is 38.9 Å². The van der Waals surface area contributed by atoms with Gasteiger partial charge in [-0.25, -0.2) is 0 Å². The molecular weight excluding hydrogens is 318 g/mol. The molecule has 1 atom stereocenters. The first kappa shape index (κ1) is 18.2. The molecular formula is C19H29N3O3. The summed E-state index contributed by atoms with van der Waals surface area (Å²) < 4.78 is 17.4. The highest BCUT2D eigenvalue weighted by Gasteiger charge is 2.55. The van der Waals surface area contributed by atoms with E-state index in [0.717, 1.165) is 5.69 Å². The lowest BCUT2D eigenvalue weighted by atomic mass is 9.75. The summed E-state index contributed by atoms with van der Waals surface area (Å²) in [6, 6.07) is 6.24. The normalized spacial score (nSPS) is 23.4. The van der Waals surface area contributed by atoms with Crippen molar-refractivity contribution in [1.29, 1.82) is 0 Å². The molecule has 0 bridgehead atoms. The molecule has 2 aliphatic rings. The summed E-state index contributed by atoms with van der Waals surface area (Å²) in [7, 11) is 0. The molecule has 3 rings (SSSR count). The first-order chi connectivity index (χ1) is 11.8. The molecule has 1 unspecified atom stereocenters. The third-order valence-electron chi connectivity index (χ3n) is 4.99. The Morgan fingerprint density at radius 2 is 1.88 bits per heavy atom. The number of guanidine groups is 1. The zero-order valence-corrected chi connectivity index (χ0v) is 15.6. The first-order valence-corrected chi connectivity index (χ1v) is 8.82. The average Bonchev–Trinajstić information content (AvgIpc) is 3.15. The molecule has 2 saturated heterocycles. The molecule has 3 N–H and O–H groups in total. The van der Waals surface area contributed by atoms with Crippen molar-refractivity contribution in [1.82, 2.24) is 0 Å². The summed E-state index contributed by atoms with van der Waals surface area (Å²) in [5.41, 5.74) is 9.28. The Hall–Kier alpha value is -1.63. The quantitative estimate of drug-likeness (QED) is 0.646. The van der Waals surface area contributed by atoms with Crippen LogP contribution in [0.15, 0.2) is 23.2 Å². The first-order valence-electron chi connectivity index (χ1n) is 8.82. The number of aryl methyl sites for hydroxylation is 2. The minimum Gasteiger partial charge on any atom is -0.375 e. The molecule has 0 amide bonds. The lowest BCUT2D eigenvalue weighted by Gasteiger charge is -2.37. The highest BCUT2D eigenvalue weighted by atomic mass is 16.8. The number of hydrogen-bond acceptors (Lipinski definition) is 4. The molecule has 1 aromatic carbocycles. The molecule has 2 fully saturated rings. The van der Waals surface area contributed by atoms with Gasteiger partial charge in [0.25, 0.3) is 0 Å². The van der Waals surface area contributed by atoms with Crippen LogP contribution in [-0.2, 0) is 14.2 Å². The molecule has 0 aliphatic carbocycles. The molecule has 0 radical (unpaired) electrons. The van der Waals surface area contributed by atoms with Crippen molar-refractivity contribution < 1.29 is 14.2 Å². The van der Waals surface area contributed by atoms with Gasteiger partial charge in [0.05, 0.1) is 19.8 Å². The van der Waals surface area contributed by atoms with Crippen LogP contribution in [0.5, 0.6) is 0 Å². The van der Waals surface area contributed by atoms with Crippen LogP contribution in [0, 0.1) is 25.2 Å². The second kappa shape index (κ2) is 6.94. The highest BCUT2D eigenvalue weighted by Crippen LogP contribution is 2.44. The Morgan fingerprint density at radius 1 is 1.24 bits per heavy atom. The third-order valence-corrected chi connectivity index (χ3v) is 4.99. The number of hydrogen-bond donors (Lipinski definition) is 2. The summed E-state index contributed by atoms with van der Waals surface area (Å²) >= 11 is 0. The lowest BCUT2D eigenvalue weighted by Crippen LogP contribution is -2.47. The molecule has 138 valence electrons. The van der Waals surface area contributed by atoms with Gasteiger partial charge in [0, 0.05) is 18.2 Å². The summed E-state index contributed by atoms with van der Waals surface area (Å²) in [6.07, 6.45) is 0. The number of benzene rings is 1.